The van der Waals surface area contributed by atoms with Crippen LogP contribution in [-0.2, 0) is 4.79 Å². The quantitative estimate of drug-likeness (QED) is 0.888. The van der Waals surface area contributed by atoms with Crippen molar-refractivity contribution in [2.24, 2.45) is 0 Å². The summed E-state index contributed by atoms with van der Waals surface area (Å²) < 4.78 is 5.71. The van der Waals surface area contributed by atoms with Gasteiger partial charge in [0.1, 0.15) is 5.75 Å². The van der Waals surface area contributed by atoms with E-state index in [1.54, 1.807) is 30.4 Å². The van der Waals surface area contributed by atoms with Crippen molar-refractivity contribution in [3.05, 3.63) is 51.2 Å². The second kappa shape index (κ2) is 6.96. The van der Waals surface area contributed by atoms with Crippen molar-refractivity contribution in [3.63, 3.8) is 0 Å². The summed E-state index contributed by atoms with van der Waals surface area (Å²) in [5, 5.41) is 5.60. The Balaban J connectivity index is 1.96. The number of thiophene rings is 1. The van der Waals surface area contributed by atoms with E-state index in [-0.39, 0.29) is 11.9 Å². The highest BCUT2D eigenvalue weighted by atomic mass is 35.5. The number of rotatable bonds is 5. The molecule has 112 valence electrons. The molecule has 0 bridgehead atoms. The summed E-state index contributed by atoms with van der Waals surface area (Å²) in [5.74, 6) is 0.538. The van der Waals surface area contributed by atoms with Gasteiger partial charge in [0, 0.05) is 9.90 Å². The number of aryl methyl sites for hydroxylation is 1. The van der Waals surface area contributed by atoms with Gasteiger partial charge in [-0.15, -0.1) is 11.3 Å². The number of halogens is 1. The Morgan fingerprint density at radius 2 is 2.10 bits per heavy atom. The average molecular weight is 324 g/mol. The number of hydrogen-bond donors (Lipinski definition) is 1. The van der Waals surface area contributed by atoms with E-state index in [9.17, 15) is 4.79 Å². The van der Waals surface area contributed by atoms with Crippen molar-refractivity contribution in [3.8, 4) is 5.75 Å². The van der Waals surface area contributed by atoms with Crippen LogP contribution in [0.25, 0.3) is 0 Å². The van der Waals surface area contributed by atoms with Gasteiger partial charge in [0.25, 0.3) is 5.91 Å². The van der Waals surface area contributed by atoms with Gasteiger partial charge < -0.3 is 10.1 Å². The number of carbonyl (C=O) groups is 1. The summed E-state index contributed by atoms with van der Waals surface area (Å²) >= 11 is 7.53. The minimum Gasteiger partial charge on any atom is -0.481 e. The third kappa shape index (κ3) is 4.22. The van der Waals surface area contributed by atoms with E-state index in [0.717, 1.165) is 10.4 Å². The van der Waals surface area contributed by atoms with E-state index in [2.05, 4.69) is 5.32 Å². The summed E-state index contributed by atoms with van der Waals surface area (Å²) in [6.45, 7) is 5.61. The highest BCUT2D eigenvalue weighted by molar-refractivity contribution is 7.10. The smallest absolute Gasteiger partial charge is 0.261 e. The molecule has 1 aromatic carbocycles. The zero-order valence-corrected chi connectivity index (χ0v) is 13.8. The molecule has 2 unspecified atom stereocenters. The predicted octanol–water partition coefficient (Wildman–Crippen LogP) is 4.35. The minimum absolute atomic E-state index is 0.0186. The van der Waals surface area contributed by atoms with Crippen molar-refractivity contribution in [2.75, 3.05) is 0 Å². The van der Waals surface area contributed by atoms with Crippen LogP contribution in [0.4, 0.5) is 0 Å². The number of ether oxygens (including phenoxy) is 1. The maximum absolute atomic E-state index is 12.2. The molecule has 0 saturated carbocycles. The maximum atomic E-state index is 12.2. The second-order valence-electron chi connectivity index (χ2n) is 4.92. The molecule has 2 atom stereocenters. The molecule has 2 rings (SSSR count). The zero-order chi connectivity index (χ0) is 15.4. The largest absolute Gasteiger partial charge is 0.481 e. The van der Waals surface area contributed by atoms with E-state index in [1.165, 1.54) is 0 Å². The number of hydrogen-bond acceptors (Lipinski definition) is 3. The van der Waals surface area contributed by atoms with E-state index >= 15 is 0 Å². The van der Waals surface area contributed by atoms with Crippen LogP contribution in [-0.4, -0.2) is 12.0 Å². The van der Waals surface area contributed by atoms with Gasteiger partial charge in [-0.2, -0.15) is 0 Å². The first-order chi connectivity index (χ1) is 9.97. The van der Waals surface area contributed by atoms with Crippen LogP contribution >= 0.6 is 22.9 Å². The highest BCUT2D eigenvalue weighted by Gasteiger charge is 2.18. The molecule has 0 radical (unpaired) electrons. The molecule has 2 aromatic rings. The fourth-order valence-corrected chi connectivity index (χ4v) is 2.89. The third-order valence-electron chi connectivity index (χ3n) is 3.14. The van der Waals surface area contributed by atoms with Crippen molar-refractivity contribution in [1.29, 1.82) is 0 Å². The van der Waals surface area contributed by atoms with Crippen molar-refractivity contribution in [2.45, 2.75) is 32.9 Å². The van der Waals surface area contributed by atoms with Gasteiger partial charge >= 0.3 is 0 Å². The first-order valence-corrected chi connectivity index (χ1v) is 7.99. The first-order valence-electron chi connectivity index (χ1n) is 6.74. The van der Waals surface area contributed by atoms with Gasteiger partial charge in [0.2, 0.25) is 0 Å². The molecule has 1 aromatic heterocycles. The van der Waals surface area contributed by atoms with Gasteiger partial charge in [0.05, 0.1) is 6.04 Å². The maximum Gasteiger partial charge on any atom is 0.261 e. The first kappa shape index (κ1) is 15.9. The summed E-state index contributed by atoms with van der Waals surface area (Å²) in [6, 6.07) is 9.31. The molecule has 5 heteroatoms. The van der Waals surface area contributed by atoms with Gasteiger partial charge in [-0.05, 0) is 56.0 Å². The van der Waals surface area contributed by atoms with Gasteiger partial charge in [-0.3, -0.25) is 4.79 Å². The van der Waals surface area contributed by atoms with Crippen molar-refractivity contribution >= 4 is 28.8 Å². The van der Waals surface area contributed by atoms with Gasteiger partial charge in [0.15, 0.2) is 6.10 Å². The van der Waals surface area contributed by atoms with Crippen LogP contribution in [0.3, 0.4) is 0 Å². The fraction of sp³-hybridized carbons (Fsp3) is 0.312. The SMILES string of the molecule is Cc1cc(Cl)ccc1OC(C)C(=O)NC(C)c1cccs1. The molecule has 0 spiro atoms. The summed E-state index contributed by atoms with van der Waals surface area (Å²) in [5.41, 5.74) is 0.911. The van der Waals surface area contributed by atoms with E-state index in [1.807, 2.05) is 37.4 Å². The van der Waals surface area contributed by atoms with Crippen LogP contribution in [0, 0.1) is 6.92 Å². The van der Waals surface area contributed by atoms with Crippen LogP contribution in [0.2, 0.25) is 5.02 Å². The predicted molar refractivity (Wildman–Crippen MR) is 87.2 cm³/mol. The van der Waals surface area contributed by atoms with Crippen LogP contribution in [0.15, 0.2) is 35.7 Å². The third-order valence-corrected chi connectivity index (χ3v) is 4.43. The van der Waals surface area contributed by atoms with E-state index in [0.29, 0.717) is 10.8 Å². The average Bonchev–Trinajstić information content (AvgIpc) is 2.95. The van der Waals surface area contributed by atoms with Crippen LogP contribution in [0.5, 0.6) is 5.75 Å². The molecule has 21 heavy (non-hydrogen) atoms. The standard InChI is InChI=1S/C16H18ClNO2S/c1-10-9-13(17)6-7-14(10)20-12(3)16(19)18-11(2)15-5-4-8-21-15/h4-9,11-12H,1-3H3,(H,18,19). The topological polar surface area (TPSA) is 38.3 Å². The monoisotopic (exact) mass is 323 g/mol. The molecule has 1 N–H and O–H groups in total. The Hall–Kier alpha value is -1.52. The number of carbonyl (C=O) groups excluding carboxylic acids is 1. The Kier molecular flexibility index (Phi) is 5.26. The lowest BCUT2D eigenvalue weighted by Gasteiger charge is -2.19. The molecule has 0 aliphatic carbocycles. The molecular formula is C16H18ClNO2S. The van der Waals surface area contributed by atoms with Crippen LogP contribution < -0.4 is 10.1 Å². The molecule has 0 aliphatic heterocycles. The molecule has 3 nitrogen and oxygen atoms in total. The molecule has 1 amide bonds. The Morgan fingerprint density at radius 3 is 2.71 bits per heavy atom. The number of amides is 1. The number of benzene rings is 1. The second-order valence-corrected chi connectivity index (χ2v) is 6.33. The normalized spacial score (nSPS) is 13.5. The zero-order valence-electron chi connectivity index (χ0n) is 12.2. The van der Waals surface area contributed by atoms with Crippen molar-refractivity contribution in [1.82, 2.24) is 5.32 Å². The van der Waals surface area contributed by atoms with E-state index in [4.69, 9.17) is 16.3 Å². The van der Waals surface area contributed by atoms with E-state index < -0.39 is 6.10 Å². The summed E-state index contributed by atoms with van der Waals surface area (Å²) in [7, 11) is 0. The summed E-state index contributed by atoms with van der Waals surface area (Å²) in [6.07, 6.45) is -0.563. The minimum atomic E-state index is -0.563. The van der Waals surface area contributed by atoms with Crippen LogP contribution in [0.1, 0.15) is 30.3 Å². The lowest BCUT2D eigenvalue weighted by atomic mass is 10.2. The Morgan fingerprint density at radius 1 is 1.33 bits per heavy atom. The van der Waals surface area contributed by atoms with Crippen molar-refractivity contribution < 1.29 is 9.53 Å². The summed E-state index contributed by atoms with van der Waals surface area (Å²) in [4.78, 5) is 13.3. The van der Waals surface area contributed by atoms with Gasteiger partial charge in [-0.25, -0.2) is 0 Å². The lowest BCUT2D eigenvalue weighted by Crippen LogP contribution is -2.37. The lowest BCUT2D eigenvalue weighted by molar-refractivity contribution is -0.127. The molecule has 0 fully saturated rings. The molecule has 0 aliphatic rings. The highest BCUT2D eigenvalue weighted by Crippen LogP contribution is 2.23. The molecular weight excluding hydrogens is 306 g/mol. The number of nitrogens with one attached hydrogen (secondary N) is 1. The Labute approximate surface area is 133 Å². The molecule has 0 saturated heterocycles. The fourth-order valence-electron chi connectivity index (χ4n) is 1.93. The Bertz CT molecular complexity index is 613. The molecule has 1 heterocycles. The van der Waals surface area contributed by atoms with Gasteiger partial charge in [-0.1, -0.05) is 17.7 Å².